The van der Waals surface area contributed by atoms with Crippen LogP contribution in [0.15, 0.2) is 35.1 Å². The molecule has 1 heterocycles. The highest BCUT2D eigenvalue weighted by Crippen LogP contribution is 2.30. The van der Waals surface area contributed by atoms with E-state index in [4.69, 9.17) is 4.74 Å². The molecule has 0 saturated heterocycles. The summed E-state index contributed by atoms with van der Waals surface area (Å²) in [6, 6.07) is 6.18. The molecule has 1 aromatic carbocycles. The second-order valence-corrected chi connectivity index (χ2v) is 5.45. The third-order valence-corrected chi connectivity index (χ3v) is 3.89. The van der Waals surface area contributed by atoms with Crippen LogP contribution in [0, 0.1) is 0 Å². The Morgan fingerprint density at radius 3 is 2.85 bits per heavy atom. The van der Waals surface area contributed by atoms with Crippen molar-refractivity contribution in [1.29, 1.82) is 0 Å². The quantitative estimate of drug-likeness (QED) is 0.878. The van der Waals surface area contributed by atoms with E-state index in [0.717, 1.165) is 34.6 Å². The van der Waals surface area contributed by atoms with E-state index in [1.165, 1.54) is 0 Å². The number of aryl methyl sites for hydroxylation is 1. The number of methoxy groups -OCH3 is 1. The standard InChI is InChI=1S/C15H20BrN3O/c1-4-8-19-9-7-18-15(19)14(17-2)11-5-6-13(20-3)12(16)10-11/h5-7,9-10,14,17H,4,8H2,1-3H3. The minimum atomic E-state index is 0.0683. The maximum Gasteiger partial charge on any atom is 0.133 e. The van der Waals surface area contributed by atoms with Crippen LogP contribution in [-0.2, 0) is 6.54 Å². The second-order valence-electron chi connectivity index (χ2n) is 4.59. The first-order valence-corrected chi connectivity index (χ1v) is 7.52. The van der Waals surface area contributed by atoms with Crippen molar-refractivity contribution >= 4 is 15.9 Å². The van der Waals surface area contributed by atoms with Gasteiger partial charge in [0, 0.05) is 18.9 Å². The first-order valence-electron chi connectivity index (χ1n) is 6.73. The number of hydrogen-bond acceptors (Lipinski definition) is 3. The van der Waals surface area contributed by atoms with Gasteiger partial charge in [0.2, 0.25) is 0 Å². The lowest BCUT2D eigenvalue weighted by molar-refractivity contribution is 0.411. The maximum atomic E-state index is 5.28. The molecular weight excluding hydrogens is 318 g/mol. The molecule has 4 nitrogen and oxygen atoms in total. The van der Waals surface area contributed by atoms with Gasteiger partial charge in [-0.15, -0.1) is 0 Å². The van der Waals surface area contributed by atoms with Gasteiger partial charge in [-0.05, 0) is 47.1 Å². The smallest absolute Gasteiger partial charge is 0.133 e. The van der Waals surface area contributed by atoms with Crippen molar-refractivity contribution in [2.24, 2.45) is 0 Å². The molecule has 2 rings (SSSR count). The first-order chi connectivity index (χ1) is 9.71. The molecule has 108 valence electrons. The molecule has 0 aliphatic heterocycles. The second kappa shape index (κ2) is 6.90. The number of halogens is 1. The van der Waals surface area contributed by atoms with Gasteiger partial charge in [0.1, 0.15) is 11.6 Å². The van der Waals surface area contributed by atoms with E-state index >= 15 is 0 Å². The molecule has 1 N–H and O–H groups in total. The minimum absolute atomic E-state index is 0.0683. The highest BCUT2D eigenvalue weighted by Gasteiger charge is 2.18. The highest BCUT2D eigenvalue weighted by molar-refractivity contribution is 9.10. The summed E-state index contributed by atoms with van der Waals surface area (Å²) in [5.41, 5.74) is 1.16. The van der Waals surface area contributed by atoms with Crippen LogP contribution < -0.4 is 10.1 Å². The lowest BCUT2D eigenvalue weighted by Gasteiger charge is -2.19. The molecule has 0 radical (unpaired) electrons. The Kier molecular flexibility index (Phi) is 5.20. The van der Waals surface area contributed by atoms with E-state index in [0.29, 0.717) is 0 Å². The summed E-state index contributed by atoms with van der Waals surface area (Å²) >= 11 is 3.54. The summed E-state index contributed by atoms with van der Waals surface area (Å²) < 4.78 is 8.42. The number of benzene rings is 1. The fourth-order valence-electron chi connectivity index (χ4n) is 2.32. The number of imidazole rings is 1. The molecule has 0 amide bonds. The van der Waals surface area contributed by atoms with Crippen LogP contribution in [0.3, 0.4) is 0 Å². The lowest BCUT2D eigenvalue weighted by atomic mass is 10.1. The molecule has 0 spiro atoms. The fraction of sp³-hybridized carbons (Fsp3) is 0.400. The number of aromatic nitrogens is 2. The topological polar surface area (TPSA) is 39.1 Å². The van der Waals surface area contributed by atoms with E-state index in [-0.39, 0.29) is 6.04 Å². The number of rotatable bonds is 6. The van der Waals surface area contributed by atoms with Crippen LogP contribution in [0.4, 0.5) is 0 Å². The predicted molar refractivity (Wildman–Crippen MR) is 84.1 cm³/mol. The predicted octanol–water partition coefficient (Wildman–Crippen LogP) is 3.37. The average molecular weight is 338 g/mol. The van der Waals surface area contributed by atoms with Crippen LogP contribution in [0.2, 0.25) is 0 Å². The van der Waals surface area contributed by atoms with Crippen molar-refractivity contribution in [2.75, 3.05) is 14.2 Å². The molecule has 0 saturated carbocycles. The lowest BCUT2D eigenvalue weighted by Crippen LogP contribution is -2.22. The first kappa shape index (κ1) is 15.1. The Hall–Kier alpha value is -1.33. The van der Waals surface area contributed by atoms with Crippen molar-refractivity contribution in [3.63, 3.8) is 0 Å². The molecule has 0 bridgehead atoms. The highest BCUT2D eigenvalue weighted by atomic mass is 79.9. The SMILES string of the molecule is CCCn1ccnc1C(NC)c1ccc(OC)c(Br)c1. The summed E-state index contributed by atoms with van der Waals surface area (Å²) in [5.74, 6) is 1.87. The molecule has 1 aromatic heterocycles. The van der Waals surface area contributed by atoms with Crippen molar-refractivity contribution in [3.05, 3.63) is 46.5 Å². The zero-order valence-electron chi connectivity index (χ0n) is 12.1. The average Bonchev–Trinajstić information content (AvgIpc) is 2.89. The normalized spacial score (nSPS) is 12.4. The molecule has 20 heavy (non-hydrogen) atoms. The molecule has 0 fully saturated rings. The summed E-state index contributed by atoms with van der Waals surface area (Å²) in [6.07, 6.45) is 4.97. The van der Waals surface area contributed by atoms with E-state index in [1.54, 1.807) is 7.11 Å². The Balaban J connectivity index is 2.36. The third kappa shape index (κ3) is 3.04. The zero-order valence-corrected chi connectivity index (χ0v) is 13.6. The summed E-state index contributed by atoms with van der Waals surface area (Å²) in [4.78, 5) is 4.51. The van der Waals surface area contributed by atoms with Gasteiger partial charge in [-0.1, -0.05) is 13.0 Å². The number of nitrogens with one attached hydrogen (secondary N) is 1. The molecular formula is C15H20BrN3O. The van der Waals surface area contributed by atoms with E-state index in [1.807, 2.05) is 25.5 Å². The van der Waals surface area contributed by atoms with Gasteiger partial charge in [-0.3, -0.25) is 0 Å². The molecule has 0 aliphatic carbocycles. The van der Waals surface area contributed by atoms with Gasteiger partial charge in [0.15, 0.2) is 0 Å². The minimum Gasteiger partial charge on any atom is -0.496 e. The summed E-state index contributed by atoms with van der Waals surface area (Å²) in [7, 11) is 3.62. The molecule has 5 heteroatoms. The van der Waals surface area contributed by atoms with Crippen molar-refractivity contribution < 1.29 is 4.74 Å². The molecule has 1 atom stereocenters. The maximum absolute atomic E-state index is 5.28. The van der Waals surface area contributed by atoms with E-state index in [2.05, 4.69) is 49.9 Å². The van der Waals surface area contributed by atoms with Crippen molar-refractivity contribution in [1.82, 2.24) is 14.9 Å². The number of nitrogens with zero attached hydrogens (tertiary/aromatic N) is 2. The number of hydrogen-bond donors (Lipinski definition) is 1. The Morgan fingerprint density at radius 1 is 1.45 bits per heavy atom. The van der Waals surface area contributed by atoms with Crippen LogP contribution in [0.1, 0.15) is 30.8 Å². The van der Waals surface area contributed by atoms with Crippen LogP contribution in [-0.4, -0.2) is 23.7 Å². The van der Waals surface area contributed by atoms with E-state index in [9.17, 15) is 0 Å². The van der Waals surface area contributed by atoms with Crippen molar-refractivity contribution in [2.45, 2.75) is 25.9 Å². The fourth-order valence-corrected chi connectivity index (χ4v) is 2.88. The van der Waals surface area contributed by atoms with Crippen LogP contribution in [0.5, 0.6) is 5.75 Å². The van der Waals surface area contributed by atoms with Gasteiger partial charge >= 0.3 is 0 Å². The van der Waals surface area contributed by atoms with E-state index < -0.39 is 0 Å². The van der Waals surface area contributed by atoms with Gasteiger partial charge in [0.25, 0.3) is 0 Å². The van der Waals surface area contributed by atoms with Gasteiger partial charge < -0.3 is 14.6 Å². The van der Waals surface area contributed by atoms with Gasteiger partial charge in [0.05, 0.1) is 17.6 Å². The third-order valence-electron chi connectivity index (χ3n) is 3.27. The zero-order chi connectivity index (χ0) is 14.5. The monoisotopic (exact) mass is 337 g/mol. The Bertz CT molecular complexity index is 568. The molecule has 2 aromatic rings. The number of ether oxygens (including phenoxy) is 1. The Labute approximate surface area is 128 Å². The summed E-state index contributed by atoms with van der Waals surface area (Å²) in [6.45, 7) is 3.15. The van der Waals surface area contributed by atoms with Crippen molar-refractivity contribution in [3.8, 4) is 5.75 Å². The molecule has 1 unspecified atom stereocenters. The van der Waals surface area contributed by atoms with Crippen LogP contribution in [0.25, 0.3) is 0 Å². The summed E-state index contributed by atoms with van der Waals surface area (Å²) in [5, 5.41) is 3.34. The van der Waals surface area contributed by atoms with Gasteiger partial charge in [-0.2, -0.15) is 0 Å². The van der Waals surface area contributed by atoms with Gasteiger partial charge in [-0.25, -0.2) is 4.98 Å². The largest absolute Gasteiger partial charge is 0.496 e. The Morgan fingerprint density at radius 2 is 2.25 bits per heavy atom. The molecule has 0 aliphatic rings. The van der Waals surface area contributed by atoms with Crippen LogP contribution >= 0.6 is 15.9 Å².